The van der Waals surface area contributed by atoms with Crippen molar-refractivity contribution in [1.29, 1.82) is 0 Å². The second-order valence-corrected chi connectivity index (χ2v) is 6.60. The van der Waals surface area contributed by atoms with E-state index >= 15 is 0 Å². The van der Waals surface area contributed by atoms with Crippen LogP contribution in [0.3, 0.4) is 0 Å². The number of fused-ring (bicyclic) bond motifs is 1. The summed E-state index contributed by atoms with van der Waals surface area (Å²) in [6.07, 6.45) is 0. The summed E-state index contributed by atoms with van der Waals surface area (Å²) in [6.45, 7) is 1.17. The molecule has 1 aromatic heterocycles. The molecule has 122 valence electrons. The minimum absolute atomic E-state index is 0.560. The molecule has 0 saturated carbocycles. The van der Waals surface area contributed by atoms with Crippen molar-refractivity contribution >= 4 is 23.4 Å². The fourth-order valence-electron chi connectivity index (χ4n) is 2.29. The van der Waals surface area contributed by atoms with Crippen LogP contribution in [0.1, 0.15) is 5.89 Å². The lowest BCUT2D eigenvalue weighted by Gasteiger charge is -2.18. The Morgan fingerprint density at radius 3 is 2.62 bits per heavy atom. The number of hydrogen-bond donors (Lipinski definition) is 0. The third-order valence-corrected chi connectivity index (χ3v) is 4.68. The highest BCUT2D eigenvalue weighted by atomic mass is 35.5. The van der Waals surface area contributed by atoms with Crippen molar-refractivity contribution in [3.63, 3.8) is 0 Å². The minimum atomic E-state index is 0.560. The van der Waals surface area contributed by atoms with Crippen LogP contribution in [-0.4, -0.2) is 23.4 Å². The average Bonchev–Trinajstić information content (AvgIpc) is 3.09. The minimum Gasteiger partial charge on any atom is -0.486 e. The lowest BCUT2D eigenvalue weighted by molar-refractivity contribution is 0.171. The molecule has 24 heavy (non-hydrogen) atoms. The number of rotatable bonds is 4. The first-order valence-corrected chi connectivity index (χ1v) is 8.75. The molecule has 1 aliphatic heterocycles. The second-order valence-electron chi connectivity index (χ2n) is 5.11. The predicted octanol–water partition coefficient (Wildman–Crippen LogP) is 4.45. The number of benzene rings is 2. The Morgan fingerprint density at radius 2 is 1.79 bits per heavy atom. The Morgan fingerprint density at radius 1 is 1.00 bits per heavy atom. The van der Waals surface area contributed by atoms with Gasteiger partial charge < -0.3 is 14.0 Å². The molecule has 7 heteroatoms. The molecule has 2 aromatic carbocycles. The van der Waals surface area contributed by atoms with E-state index in [0.29, 0.717) is 35.7 Å². The molecule has 4 rings (SSSR count). The molecule has 0 N–H and O–H groups in total. The van der Waals surface area contributed by atoms with E-state index in [2.05, 4.69) is 10.1 Å². The fourth-order valence-corrected chi connectivity index (χ4v) is 3.18. The molecule has 0 unspecified atom stereocenters. The number of nitrogens with zero attached hydrogens (tertiary/aromatic N) is 2. The van der Waals surface area contributed by atoms with Gasteiger partial charge in [0.2, 0.25) is 11.7 Å². The SMILES string of the molecule is Clc1ccc(-c2noc(CSc3ccc4c(c3)OCCO4)n2)cc1. The summed E-state index contributed by atoms with van der Waals surface area (Å²) < 4.78 is 16.4. The molecule has 0 fully saturated rings. The Bertz CT molecular complexity index is 851. The molecule has 0 radical (unpaired) electrons. The van der Waals surface area contributed by atoms with E-state index in [-0.39, 0.29) is 0 Å². The van der Waals surface area contributed by atoms with Crippen molar-refractivity contribution in [3.05, 3.63) is 53.4 Å². The first kappa shape index (κ1) is 15.4. The summed E-state index contributed by atoms with van der Waals surface area (Å²) in [7, 11) is 0. The van der Waals surface area contributed by atoms with Crippen LogP contribution in [-0.2, 0) is 5.75 Å². The molecule has 2 heterocycles. The maximum Gasteiger partial charge on any atom is 0.237 e. The third-order valence-electron chi connectivity index (χ3n) is 3.45. The Hall–Kier alpha value is -2.18. The molecular formula is C17H13ClN2O3S. The van der Waals surface area contributed by atoms with Crippen LogP contribution in [0.15, 0.2) is 51.9 Å². The van der Waals surface area contributed by atoms with Crippen LogP contribution >= 0.6 is 23.4 Å². The summed E-state index contributed by atoms with van der Waals surface area (Å²) in [5.41, 5.74) is 0.874. The van der Waals surface area contributed by atoms with Gasteiger partial charge in [-0.15, -0.1) is 11.8 Å². The average molecular weight is 361 g/mol. The highest BCUT2D eigenvalue weighted by Gasteiger charge is 2.13. The van der Waals surface area contributed by atoms with Crippen LogP contribution in [0.5, 0.6) is 11.5 Å². The van der Waals surface area contributed by atoms with Crippen LogP contribution in [0.4, 0.5) is 0 Å². The van der Waals surface area contributed by atoms with Crippen molar-refractivity contribution in [2.24, 2.45) is 0 Å². The van der Waals surface area contributed by atoms with E-state index in [1.54, 1.807) is 23.9 Å². The van der Waals surface area contributed by atoms with E-state index in [9.17, 15) is 0 Å². The molecule has 3 aromatic rings. The van der Waals surface area contributed by atoms with Gasteiger partial charge in [0.25, 0.3) is 0 Å². The van der Waals surface area contributed by atoms with Gasteiger partial charge in [-0.3, -0.25) is 0 Å². The zero-order chi connectivity index (χ0) is 16.4. The van der Waals surface area contributed by atoms with Gasteiger partial charge in [0.15, 0.2) is 11.5 Å². The smallest absolute Gasteiger partial charge is 0.237 e. The van der Waals surface area contributed by atoms with E-state index in [1.807, 2.05) is 30.3 Å². The summed E-state index contributed by atoms with van der Waals surface area (Å²) >= 11 is 7.49. The van der Waals surface area contributed by atoms with Gasteiger partial charge in [-0.2, -0.15) is 4.98 Å². The standard InChI is InChI=1S/C17H13ClN2O3S/c18-12-3-1-11(2-4-12)17-19-16(23-20-17)10-24-13-5-6-14-15(9-13)22-8-7-21-14/h1-6,9H,7-8,10H2. The number of halogens is 1. The zero-order valence-electron chi connectivity index (χ0n) is 12.6. The van der Waals surface area contributed by atoms with Crippen LogP contribution in [0.2, 0.25) is 5.02 Å². The highest BCUT2D eigenvalue weighted by Crippen LogP contribution is 2.35. The zero-order valence-corrected chi connectivity index (χ0v) is 14.1. The van der Waals surface area contributed by atoms with Crippen molar-refractivity contribution in [1.82, 2.24) is 10.1 Å². The Labute approximate surface area is 147 Å². The normalized spacial score (nSPS) is 13.0. The predicted molar refractivity (Wildman–Crippen MR) is 91.7 cm³/mol. The van der Waals surface area contributed by atoms with Gasteiger partial charge in [0.1, 0.15) is 13.2 Å². The molecule has 1 aliphatic rings. The molecule has 0 spiro atoms. The Kier molecular flexibility index (Phi) is 4.32. The number of ether oxygens (including phenoxy) is 2. The van der Waals surface area contributed by atoms with E-state index in [1.165, 1.54) is 0 Å². The van der Waals surface area contributed by atoms with Crippen LogP contribution < -0.4 is 9.47 Å². The maximum atomic E-state index is 5.89. The first-order valence-electron chi connectivity index (χ1n) is 7.39. The van der Waals surface area contributed by atoms with Gasteiger partial charge in [0.05, 0.1) is 5.75 Å². The quantitative estimate of drug-likeness (QED) is 0.640. The van der Waals surface area contributed by atoms with Gasteiger partial charge in [-0.1, -0.05) is 16.8 Å². The second kappa shape index (κ2) is 6.75. The summed E-state index contributed by atoms with van der Waals surface area (Å²) in [5, 5.41) is 4.69. The first-order chi connectivity index (χ1) is 11.8. The largest absolute Gasteiger partial charge is 0.486 e. The summed E-state index contributed by atoms with van der Waals surface area (Å²) in [6, 6.07) is 13.2. The van der Waals surface area contributed by atoms with Gasteiger partial charge in [-0.05, 0) is 42.5 Å². The van der Waals surface area contributed by atoms with E-state index in [0.717, 1.165) is 22.0 Å². The van der Waals surface area contributed by atoms with Gasteiger partial charge in [-0.25, -0.2) is 0 Å². The molecule has 0 amide bonds. The monoisotopic (exact) mass is 360 g/mol. The summed E-state index contributed by atoms with van der Waals surface area (Å²) in [5.74, 6) is 3.27. The molecule has 0 aliphatic carbocycles. The molecular weight excluding hydrogens is 348 g/mol. The van der Waals surface area contributed by atoms with Gasteiger partial charge in [0, 0.05) is 15.5 Å². The van der Waals surface area contributed by atoms with E-state index < -0.39 is 0 Å². The van der Waals surface area contributed by atoms with Crippen molar-refractivity contribution in [2.75, 3.05) is 13.2 Å². The van der Waals surface area contributed by atoms with Crippen molar-refractivity contribution in [3.8, 4) is 22.9 Å². The molecule has 0 saturated heterocycles. The molecule has 0 atom stereocenters. The molecule has 5 nitrogen and oxygen atoms in total. The fraction of sp³-hybridized carbons (Fsp3) is 0.176. The summed E-state index contributed by atoms with van der Waals surface area (Å²) in [4.78, 5) is 5.48. The van der Waals surface area contributed by atoms with Crippen LogP contribution in [0.25, 0.3) is 11.4 Å². The van der Waals surface area contributed by atoms with Crippen LogP contribution in [0, 0.1) is 0 Å². The molecule has 0 bridgehead atoms. The topological polar surface area (TPSA) is 57.4 Å². The van der Waals surface area contributed by atoms with E-state index in [4.69, 9.17) is 25.6 Å². The number of aromatic nitrogens is 2. The van der Waals surface area contributed by atoms with Gasteiger partial charge >= 0.3 is 0 Å². The third kappa shape index (κ3) is 3.34. The lowest BCUT2D eigenvalue weighted by atomic mass is 10.2. The number of thioether (sulfide) groups is 1. The Balaban J connectivity index is 1.44. The number of hydrogen-bond acceptors (Lipinski definition) is 6. The lowest BCUT2D eigenvalue weighted by Crippen LogP contribution is -2.15. The highest BCUT2D eigenvalue weighted by molar-refractivity contribution is 7.98. The maximum absolute atomic E-state index is 5.89. The van der Waals surface area contributed by atoms with Crippen molar-refractivity contribution < 1.29 is 14.0 Å². The van der Waals surface area contributed by atoms with Crippen molar-refractivity contribution in [2.45, 2.75) is 10.6 Å².